The van der Waals surface area contributed by atoms with Crippen molar-refractivity contribution in [1.82, 2.24) is 0 Å². The second-order valence-electron chi connectivity index (χ2n) is 3.16. The van der Waals surface area contributed by atoms with E-state index >= 15 is 0 Å². The van der Waals surface area contributed by atoms with Crippen molar-refractivity contribution in [3.63, 3.8) is 0 Å². The van der Waals surface area contributed by atoms with E-state index in [1.54, 1.807) is 6.07 Å². The quantitative estimate of drug-likeness (QED) is 0.726. The molecule has 0 aromatic heterocycles. The van der Waals surface area contributed by atoms with Crippen LogP contribution in [0, 0.1) is 5.82 Å². The summed E-state index contributed by atoms with van der Waals surface area (Å²) < 4.78 is 12.9. The van der Waals surface area contributed by atoms with E-state index in [0.29, 0.717) is 5.69 Å². The van der Waals surface area contributed by atoms with Crippen molar-refractivity contribution in [2.24, 2.45) is 0 Å². The highest BCUT2D eigenvalue weighted by molar-refractivity contribution is 5.55. The van der Waals surface area contributed by atoms with Gasteiger partial charge in [0, 0.05) is 25.0 Å². The Labute approximate surface area is 78.2 Å². The van der Waals surface area contributed by atoms with Crippen molar-refractivity contribution in [3.05, 3.63) is 24.0 Å². The van der Waals surface area contributed by atoms with Gasteiger partial charge in [0.25, 0.3) is 0 Å². The van der Waals surface area contributed by atoms with Crippen molar-refractivity contribution >= 4 is 11.4 Å². The standard InChI is InChI=1S/C10H15FN2/c1-3-4-13(2)10-6-8(11)5-9(12)7-10/h5-7H,3-4,12H2,1-2H3. The van der Waals surface area contributed by atoms with Gasteiger partial charge in [0.15, 0.2) is 0 Å². The Morgan fingerprint density at radius 2 is 2.08 bits per heavy atom. The molecule has 0 amide bonds. The maximum atomic E-state index is 12.9. The number of nitrogen functional groups attached to an aromatic ring is 1. The molecule has 0 saturated heterocycles. The second-order valence-corrected chi connectivity index (χ2v) is 3.16. The molecule has 72 valence electrons. The largest absolute Gasteiger partial charge is 0.399 e. The minimum absolute atomic E-state index is 0.280. The summed E-state index contributed by atoms with van der Waals surface area (Å²) in [5.41, 5.74) is 6.83. The third-order valence-electron chi connectivity index (χ3n) is 1.90. The second kappa shape index (κ2) is 4.12. The Morgan fingerprint density at radius 3 is 2.62 bits per heavy atom. The Hall–Kier alpha value is -1.25. The van der Waals surface area contributed by atoms with Gasteiger partial charge in [-0.1, -0.05) is 6.92 Å². The number of hydrogen-bond donors (Lipinski definition) is 1. The molecule has 0 fully saturated rings. The molecule has 3 heteroatoms. The van der Waals surface area contributed by atoms with Gasteiger partial charge < -0.3 is 10.6 Å². The summed E-state index contributed by atoms with van der Waals surface area (Å²) in [7, 11) is 1.93. The third kappa shape index (κ3) is 2.61. The van der Waals surface area contributed by atoms with Gasteiger partial charge in [0.05, 0.1) is 0 Å². The highest BCUT2D eigenvalue weighted by Crippen LogP contribution is 2.18. The molecule has 0 aliphatic carbocycles. The zero-order chi connectivity index (χ0) is 9.84. The molecule has 0 saturated carbocycles. The van der Waals surface area contributed by atoms with Gasteiger partial charge in [-0.05, 0) is 24.6 Å². The van der Waals surface area contributed by atoms with Crippen LogP contribution in [0.1, 0.15) is 13.3 Å². The van der Waals surface area contributed by atoms with Gasteiger partial charge in [-0.3, -0.25) is 0 Å². The number of benzene rings is 1. The summed E-state index contributed by atoms with van der Waals surface area (Å²) in [6, 6.07) is 4.59. The van der Waals surface area contributed by atoms with Crippen molar-refractivity contribution in [2.45, 2.75) is 13.3 Å². The molecule has 2 nitrogen and oxygen atoms in total. The van der Waals surface area contributed by atoms with E-state index in [1.165, 1.54) is 12.1 Å². The number of hydrogen-bond acceptors (Lipinski definition) is 2. The summed E-state index contributed by atoms with van der Waals surface area (Å²) >= 11 is 0. The van der Waals surface area contributed by atoms with E-state index in [4.69, 9.17) is 5.73 Å². The predicted octanol–water partition coefficient (Wildman–Crippen LogP) is 2.25. The Kier molecular flexibility index (Phi) is 3.12. The van der Waals surface area contributed by atoms with Gasteiger partial charge in [-0.15, -0.1) is 0 Å². The smallest absolute Gasteiger partial charge is 0.127 e. The van der Waals surface area contributed by atoms with Crippen LogP contribution >= 0.6 is 0 Å². The third-order valence-corrected chi connectivity index (χ3v) is 1.90. The van der Waals surface area contributed by atoms with Crippen LogP contribution in [0.3, 0.4) is 0 Å². The molecule has 1 aromatic carbocycles. The van der Waals surface area contributed by atoms with E-state index in [-0.39, 0.29) is 5.82 Å². The van der Waals surface area contributed by atoms with Gasteiger partial charge >= 0.3 is 0 Å². The Balaban J connectivity index is 2.87. The Morgan fingerprint density at radius 1 is 1.38 bits per heavy atom. The van der Waals surface area contributed by atoms with E-state index in [0.717, 1.165) is 18.7 Å². The molecule has 0 bridgehead atoms. The molecule has 0 unspecified atom stereocenters. The lowest BCUT2D eigenvalue weighted by Crippen LogP contribution is -2.17. The molecule has 0 radical (unpaired) electrons. The maximum absolute atomic E-state index is 12.9. The van der Waals surface area contributed by atoms with Gasteiger partial charge in [-0.2, -0.15) is 0 Å². The lowest BCUT2D eigenvalue weighted by molar-refractivity contribution is 0.627. The van der Waals surface area contributed by atoms with E-state index in [1.807, 2.05) is 11.9 Å². The average Bonchev–Trinajstić information content (AvgIpc) is 2.03. The fourth-order valence-corrected chi connectivity index (χ4v) is 1.28. The normalized spacial score (nSPS) is 10.1. The first-order valence-corrected chi connectivity index (χ1v) is 4.40. The van der Waals surface area contributed by atoms with Crippen molar-refractivity contribution in [1.29, 1.82) is 0 Å². The average molecular weight is 182 g/mol. The van der Waals surface area contributed by atoms with E-state index in [9.17, 15) is 4.39 Å². The zero-order valence-electron chi connectivity index (χ0n) is 8.05. The van der Waals surface area contributed by atoms with Crippen LogP contribution < -0.4 is 10.6 Å². The minimum atomic E-state index is -0.280. The van der Waals surface area contributed by atoms with Crippen molar-refractivity contribution in [2.75, 3.05) is 24.2 Å². The first-order valence-electron chi connectivity index (χ1n) is 4.40. The first kappa shape index (κ1) is 9.84. The summed E-state index contributed by atoms with van der Waals surface area (Å²) in [5, 5.41) is 0. The first-order chi connectivity index (χ1) is 6.13. The number of anilines is 2. The molecule has 1 aromatic rings. The maximum Gasteiger partial charge on any atom is 0.127 e. The fourth-order valence-electron chi connectivity index (χ4n) is 1.28. The number of nitrogens with two attached hydrogens (primary N) is 1. The molecule has 0 spiro atoms. The van der Waals surface area contributed by atoms with Crippen LogP contribution in [0.15, 0.2) is 18.2 Å². The van der Waals surface area contributed by atoms with Gasteiger partial charge in [-0.25, -0.2) is 4.39 Å². The van der Waals surface area contributed by atoms with Crippen molar-refractivity contribution < 1.29 is 4.39 Å². The Bertz CT molecular complexity index is 266. The molecule has 0 aliphatic heterocycles. The van der Waals surface area contributed by atoms with Crippen LogP contribution in [0.5, 0.6) is 0 Å². The molecule has 0 atom stereocenters. The minimum Gasteiger partial charge on any atom is -0.399 e. The summed E-state index contributed by atoms with van der Waals surface area (Å²) in [4.78, 5) is 1.99. The topological polar surface area (TPSA) is 29.3 Å². The fraction of sp³-hybridized carbons (Fsp3) is 0.400. The highest BCUT2D eigenvalue weighted by Gasteiger charge is 2.02. The molecule has 13 heavy (non-hydrogen) atoms. The number of rotatable bonds is 3. The van der Waals surface area contributed by atoms with Crippen molar-refractivity contribution in [3.8, 4) is 0 Å². The number of halogens is 1. The summed E-state index contributed by atoms with van der Waals surface area (Å²) in [6.07, 6.45) is 1.03. The van der Waals surface area contributed by atoms with Crippen LogP contribution in [-0.2, 0) is 0 Å². The molecule has 0 heterocycles. The molecule has 1 rings (SSSR count). The molecular weight excluding hydrogens is 167 g/mol. The van der Waals surface area contributed by atoms with Crippen LogP contribution in [-0.4, -0.2) is 13.6 Å². The zero-order valence-corrected chi connectivity index (χ0v) is 8.05. The monoisotopic (exact) mass is 182 g/mol. The summed E-state index contributed by atoms with van der Waals surface area (Å²) in [6.45, 7) is 2.99. The van der Waals surface area contributed by atoms with Crippen LogP contribution in [0.25, 0.3) is 0 Å². The lowest BCUT2D eigenvalue weighted by atomic mass is 10.2. The van der Waals surface area contributed by atoms with Gasteiger partial charge in [0.1, 0.15) is 5.82 Å². The molecule has 0 aliphatic rings. The van der Waals surface area contributed by atoms with Gasteiger partial charge in [0.2, 0.25) is 0 Å². The summed E-state index contributed by atoms with van der Waals surface area (Å²) in [5.74, 6) is -0.280. The lowest BCUT2D eigenvalue weighted by Gasteiger charge is -2.18. The number of nitrogens with zero attached hydrogens (tertiary/aromatic N) is 1. The molecular formula is C10H15FN2. The molecule has 2 N–H and O–H groups in total. The SMILES string of the molecule is CCCN(C)c1cc(N)cc(F)c1. The van der Waals surface area contributed by atoms with E-state index in [2.05, 4.69) is 6.92 Å². The van der Waals surface area contributed by atoms with E-state index < -0.39 is 0 Å². The van der Waals surface area contributed by atoms with Crippen LogP contribution in [0.4, 0.5) is 15.8 Å². The van der Waals surface area contributed by atoms with Crippen LogP contribution in [0.2, 0.25) is 0 Å². The highest BCUT2D eigenvalue weighted by atomic mass is 19.1. The predicted molar refractivity (Wildman–Crippen MR) is 54.4 cm³/mol.